The van der Waals surface area contributed by atoms with Crippen molar-refractivity contribution >= 4 is 0 Å². The van der Waals surface area contributed by atoms with Crippen molar-refractivity contribution in [2.24, 2.45) is 0 Å². The monoisotopic (exact) mass is 421 g/mol. The van der Waals surface area contributed by atoms with Gasteiger partial charge >= 0.3 is 0 Å². The second-order valence-electron chi connectivity index (χ2n) is 7.73. The zero-order valence-electron chi connectivity index (χ0n) is 18.0. The summed E-state index contributed by atoms with van der Waals surface area (Å²) in [4.78, 5) is 2.42. The number of hydrogen-bond acceptors (Lipinski definition) is 4. The Labute approximate surface area is 183 Å². The van der Waals surface area contributed by atoms with Gasteiger partial charge in [-0.05, 0) is 47.9 Å². The first-order valence-corrected chi connectivity index (χ1v) is 10.6. The summed E-state index contributed by atoms with van der Waals surface area (Å²) in [6, 6.07) is 20.7. The number of ether oxygens (including phenoxy) is 3. The molecule has 1 aliphatic rings. The van der Waals surface area contributed by atoms with Crippen molar-refractivity contribution in [3.63, 3.8) is 0 Å². The lowest BCUT2D eigenvalue weighted by molar-refractivity contribution is 0.149. The van der Waals surface area contributed by atoms with E-state index in [9.17, 15) is 4.39 Å². The predicted octanol–water partition coefficient (Wildman–Crippen LogP) is 5.41. The van der Waals surface area contributed by atoms with E-state index < -0.39 is 0 Å². The topological polar surface area (TPSA) is 30.9 Å². The van der Waals surface area contributed by atoms with Crippen molar-refractivity contribution in [1.82, 2.24) is 4.90 Å². The minimum absolute atomic E-state index is 0.237. The largest absolute Gasteiger partial charge is 0.497 e. The molecule has 4 nitrogen and oxygen atoms in total. The second-order valence-corrected chi connectivity index (χ2v) is 7.73. The van der Waals surface area contributed by atoms with Gasteiger partial charge < -0.3 is 14.2 Å². The number of hydrogen-bond donors (Lipinski definition) is 0. The molecular weight excluding hydrogens is 393 g/mol. The lowest BCUT2D eigenvalue weighted by atomic mass is 9.99. The summed E-state index contributed by atoms with van der Waals surface area (Å²) in [5, 5.41) is 0. The number of para-hydroxylation sites is 1. The Morgan fingerprint density at radius 3 is 2.45 bits per heavy atom. The quantitative estimate of drug-likeness (QED) is 0.487. The lowest BCUT2D eigenvalue weighted by Gasteiger charge is -2.30. The molecule has 1 aliphatic heterocycles. The van der Waals surface area contributed by atoms with Gasteiger partial charge in [0.05, 0.1) is 14.2 Å². The first-order chi connectivity index (χ1) is 15.2. The molecular formula is C26H28FNO3. The second kappa shape index (κ2) is 9.84. The molecule has 162 valence electrons. The number of benzene rings is 3. The molecule has 3 aromatic carbocycles. The minimum atomic E-state index is -0.376. The van der Waals surface area contributed by atoms with Gasteiger partial charge in [-0.3, -0.25) is 4.90 Å². The van der Waals surface area contributed by atoms with Gasteiger partial charge in [-0.1, -0.05) is 36.4 Å². The Bertz CT molecular complexity index is 1020. The maximum Gasteiger partial charge on any atom is 0.165 e. The molecule has 5 heteroatoms. The van der Waals surface area contributed by atoms with Crippen LogP contribution in [0.1, 0.15) is 29.2 Å². The summed E-state index contributed by atoms with van der Waals surface area (Å²) in [5.41, 5.74) is 3.65. The van der Waals surface area contributed by atoms with Crippen LogP contribution in [0.25, 0.3) is 0 Å². The standard InChI is InChI=1S/C26H28FNO3/c1-29-21-11-12-24(30-2)22(17-21)25(31-26-10-6-5-9-23(26)27)14-16-28-15-13-19-7-3-4-8-20(19)18-28/h3-12,17,25H,13-16,18H2,1-2H3. The van der Waals surface area contributed by atoms with Gasteiger partial charge in [0.2, 0.25) is 0 Å². The average Bonchev–Trinajstić information content (AvgIpc) is 2.82. The molecule has 1 unspecified atom stereocenters. The molecule has 0 fully saturated rings. The summed E-state index contributed by atoms with van der Waals surface area (Å²) in [6.07, 6.45) is 1.36. The fourth-order valence-electron chi connectivity index (χ4n) is 4.11. The third kappa shape index (κ3) is 5.00. The van der Waals surface area contributed by atoms with E-state index in [1.54, 1.807) is 32.4 Å². The molecule has 0 spiro atoms. The Balaban J connectivity index is 1.57. The zero-order chi connectivity index (χ0) is 21.6. The van der Waals surface area contributed by atoms with Crippen LogP contribution in [0.4, 0.5) is 4.39 Å². The van der Waals surface area contributed by atoms with Crippen molar-refractivity contribution < 1.29 is 18.6 Å². The lowest BCUT2D eigenvalue weighted by Crippen LogP contribution is -2.32. The van der Waals surface area contributed by atoms with Crippen LogP contribution in [-0.4, -0.2) is 32.2 Å². The van der Waals surface area contributed by atoms with Crippen LogP contribution in [0.2, 0.25) is 0 Å². The van der Waals surface area contributed by atoms with E-state index in [1.807, 2.05) is 18.2 Å². The maximum absolute atomic E-state index is 14.4. The van der Waals surface area contributed by atoms with Crippen LogP contribution in [0.5, 0.6) is 17.2 Å². The number of rotatable bonds is 8. The van der Waals surface area contributed by atoms with Gasteiger partial charge in [0.25, 0.3) is 0 Å². The van der Waals surface area contributed by atoms with Crippen molar-refractivity contribution in [3.8, 4) is 17.2 Å². The van der Waals surface area contributed by atoms with E-state index in [4.69, 9.17) is 14.2 Å². The molecule has 0 aliphatic carbocycles. The fraction of sp³-hybridized carbons (Fsp3) is 0.308. The van der Waals surface area contributed by atoms with Crippen molar-refractivity contribution in [2.45, 2.75) is 25.5 Å². The third-order valence-electron chi connectivity index (χ3n) is 5.81. The summed E-state index contributed by atoms with van der Waals surface area (Å²) in [5.74, 6) is 1.28. The van der Waals surface area contributed by atoms with Crippen LogP contribution in [0.3, 0.4) is 0 Å². The molecule has 0 saturated carbocycles. The van der Waals surface area contributed by atoms with Gasteiger partial charge in [-0.2, -0.15) is 0 Å². The summed E-state index contributed by atoms with van der Waals surface area (Å²) >= 11 is 0. The average molecular weight is 422 g/mol. The van der Waals surface area contributed by atoms with Gasteiger partial charge in [-0.15, -0.1) is 0 Å². The smallest absolute Gasteiger partial charge is 0.165 e. The molecule has 1 atom stereocenters. The molecule has 4 rings (SSSR count). The van der Waals surface area contributed by atoms with Crippen LogP contribution < -0.4 is 14.2 Å². The van der Waals surface area contributed by atoms with Crippen LogP contribution in [-0.2, 0) is 13.0 Å². The van der Waals surface area contributed by atoms with E-state index in [-0.39, 0.29) is 17.7 Å². The molecule has 0 radical (unpaired) electrons. The van der Waals surface area contributed by atoms with Gasteiger partial charge in [-0.25, -0.2) is 4.39 Å². The summed E-state index contributed by atoms with van der Waals surface area (Å²) in [7, 11) is 3.26. The van der Waals surface area contributed by atoms with E-state index in [1.165, 1.54) is 17.2 Å². The molecule has 3 aromatic rings. The molecule has 31 heavy (non-hydrogen) atoms. The molecule has 0 N–H and O–H groups in total. The number of methoxy groups -OCH3 is 2. The molecule has 1 heterocycles. The fourth-order valence-corrected chi connectivity index (χ4v) is 4.11. The zero-order valence-corrected chi connectivity index (χ0v) is 18.0. The van der Waals surface area contributed by atoms with E-state index in [0.29, 0.717) is 17.9 Å². The van der Waals surface area contributed by atoms with Crippen LogP contribution in [0.15, 0.2) is 66.7 Å². The van der Waals surface area contributed by atoms with E-state index >= 15 is 0 Å². The highest BCUT2D eigenvalue weighted by atomic mass is 19.1. The SMILES string of the molecule is COc1ccc(OC)c(C(CCN2CCc3ccccc3C2)Oc2ccccc2F)c1. The van der Waals surface area contributed by atoms with E-state index in [2.05, 4.69) is 29.2 Å². The third-order valence-corrected chi connectivity index (χ3v) is 5.81. The van der Waals surface area contributed by atoms with Crippen LogP contribution in [0, 0.1) is 5.82 Å². The Kier molecular flexibility index (Phi) is 6.73. The number of fused-ring (bicyclic) bond motifs is 1. The molecule has 0 amide bonds. The van der Waals surface area contributed by atoms with Crippen molar-refractivity contribution in [2.75, 3.05) is 27.3 Å². The summed E-state index contributed by atoms with van der Waals surface area (Å²) in [6.45, 7) is 2.74. The van der Waals surface area contributed by atoms with Gasteiger partial charge in [0.15, 0.2) is 11.6 Å². The highest BCUT2D eigenvalue weighted by Crippen LogP contribution is 2.35. The molecule has 0 bridgehead atoms. The predicted molar refractivity (Wildman–Crippen MR) is 119 cm³/mol. The van der Waals surface area contributed by atoms with Crippen molar-refractivity contribution in [3.05, 3.63) is 89.2 Å². The minimum Gasteiger partial charge on any atom is -0.497 e. The highest BCUT2D eigenvalue weighted by Gasteiger charge is 2.23. The maximum atomic E-state index is 14.4. The van der Waals surface area contributed by atoms with Crippen LogP contribution >= 0.6 is 0 Å². The Morgan fingerprint density at radius 1 is 0.903 bits per heavy atom. The molecule has 0 aromatic heterocycles. The first-order valence-electron chi connectivity index (χ1n) is 10.6. The number of nitrogens with zero attached hydrogens (tertiary/aromatic N) is 1. The Morgan fingerprint density at radius 2 is 1.68 bits per heavy atom. The van der Waals surface area contributed by atoms with E-state index in [0.717, 1.165) is 31.6 Å². The van der Waals surface area contributed by atoms with Gasteiger partial charge in [0.1, 0.15) is 17.6 Å². The normalized spacial score (nSPS) is 14.5. The summed E-state index contributed by atoms with van der Waals surface area (Å²) < 4.78 is 31.6. The molecule has 0 saturated heterocycles. The Hall–Kier alpha value is -3.05. The highest BCUT2D eigenvalue weighted by molar-refractivity contribution is 5.42. The first kappa shape index (κ1) is 21.2. The number of halogens is 1. The van der Waals surface area contributed by atoms with Crippen molar-refractivity contribution in [1.29, 1.82) is 0 Å². The van der Waals surface area contributed by atoms with Gasteiger partial charge in [0, 0.05) is 31.6 Å².